The Morgan fingerprint density at radius 1 is 1.43 bits per heavy atom. The summed E-state index contributed by atoms with van der Waals surface area (Å²) in [5, 5.41) is 6.44. The normalized spacial score (nSPS) is 11.0. The number of thiazole rings is 1. The minimum absolute atomic E-state index is 0.0253. The Balaban J connectivity index is 1.76. The van der Waals surface area contributed by atoms with Gasteiger partial charge >= 0.3 is 0 Å². The van der Waals surface area contributed by atoms with Crippen LogP contribution >= 0.6 is 11.3 Å². The zero-order valence-corrected chi connectivity index (χ0v) is 13.6. The van der Waals surface area contributed by atoms with Crippen LogP contribution in [0.15, 0.2) is 17.3 Å². The zero-order chi connectivity index (χ0) is 16.4. The quantitative estimate of drug-likeness (QED) is 0.727. The Morgan fingerprint density at radius 3 is 3.04 bits per heavy atom. The monoisotopic (exact) mass is 332 g/mol. The summed E-state index contributed by atoms with van der Waals surface area (Å²) >= 11 is 1.59. The molecule has 0 aliphatic rings. The van der Waals surface area contributed by atoms with E-state index in [1.165, 1.54) is 12.5 Å². The number of H-pyrrole nitrogens is 1. The van der Waals surface area contributed by atoms with Crippen LogP contribution in [0, 0.1) is 6.92 Å². The van der Waals surface area contributed by atoms with Crippen molar-refractivity contribution >= 4 is 23.0 Å². The lowest BCUT2D eigenvalue weighted by Crippen LogP contribution is -2.31. The molecule has 120 valence electrons. The van der Waals surface area contributed by atoms with Gasteiger partial charge < -0.3 is 5.32 Å². The third-order valence-corrected chi connectivity index (χ3v) is 4.58. The van der Waals surface area contributed by atoms with Gasteiger partial charge in [0.15, 0.2) is 0 Å². The Labute approximate surface area is 135 Å². The minimum Gasteiger partial charge on any atom is -0.347 e. The van der Waals surface area contributed by atoms with Crippen molar-refractivity contribution in [2.75, 3.05) is 0 Å². The molecular formula is C14H16N6O2S. The maximum atomic E-state index is 12.2. The molecule has 0 saturated heterocycles. The molecule has 8 nitrogen and oxygen atoms in total. The number of nitrogens with one attached hydrogen (secondary N) is 2. The van der Waals surface area contributed by atoms with Crippen LogP contribution in [0.25, 0.3) is 5.78 Å². The lowest BCUT2D eigenvalue weighted by atomic mass is 10.3. The van der Waals surface area contributed by atoms with Gasteiger partial charge in [0.2, 0.25) is 0 Å². The molecule has 2 N–H and O–H groups in total. The molecule has 0 bridgehead atoms. The molecule has 3 aromatic rings. The molecule has 1 amide bonds. The molecule has 0 unspecified atom stereocenters. The first-order valence-electron chi connectivity index (χ1n) is 7.24. The summed E-state index contributed by atoms with van der Waals surface area (Å²) in [5.41, 5.74) is 0.415. The molecule has 0 aliphatic heterocycles. The number of hydrogen-bond acceptors (Lipinski definition) is 6. The van der Waals surface area contributed by atoms with Crippen LogP contribution in [-0.4, -0.2) is 30.5 Å². The van der Waals surface area contributed by atoms with Crippen LogP contribution < -0.4 is 10.9 Å². The molecule has 0 saturated carbocycles. The van der Waals surface area contributed by atoms with E-state index in [1.54, 1.807) is 11.3 Å². The Kier molecular flexibility index (Phi) is 4.20. The van der Waals surface area contributed by atoms with Gasteiger partial charge in [-0.05, 0) is 19.8 Å². The average Bonchev–Trinajstić information content (AvgIpc) is 3.13. The van der Waals surface area contributed by atoms with E-state index >= 15 is 0 Å². The van der Waals surface area contributed by atoms with Crippen molar-refractivity contribution in [3.05, 3.63) is 44.0 Å². The summed E-state index contributed by atoms with van der Waals surface area (Å²) in [6, 6.07) is 0. The predicted octanol–water partition coefficient (Wildman–Crippen LogP) is 1.07. The Bertz CT molecular complexity index is 910. The molecule has 23 heavy (non-hydrogen) atoms. The van der Waals surface area contributed by atoms with Gasteiger partial charge in [-0.2, -0.15) is 4.52 Å². The summed E-state index contributed by atoms with van der Waals surface area (Å²) in [7, 11) is 0. The second-order valence-corrected chi connectivity index (χ2v) is 6.22. The fraction of sp³-hybridized carbons (Fsp3) is 0.357. The van der Waals surface area contributed by atoms with Gasteiger partial charge in [-0.25, -0.2) is 15.0 Å². The minimum atomic E-state index is -0.474. The molecule has 9 heteroatoms. The largest absolute Gasteiger partial charge is 0.347 e. The molecule has 0 aromatic carbocycles. The van der Waals surface area contributed by atoms with Gasteiger partial charge in [0, 0.05) is 11.1 Å². The number of amides is 1. The SMILES string of the molecule is CCCc1nc(C)c(CNC(=O)c2cnc3nc[nH]n3c2=O)s1. The average molecular weight is 332 g/mol. The van der Waals surface area contributed by atoms with E-state index in [-0.39, 0.29) is 11.3 Å². The van der Waals surface area contributed by atoms with E-state index in [1.807, 2.05) is 6.92 Å². The number of aromatic nitrogens is 5. The number of carbonyl (C=O) groups excluding carboxylic acids is 1. The van der Waals surface area contributed by atoms with Crippen molar-refractivity contribution in [1.82, 2.24) is 29.9 Å². The lowest BCUT2D eigenvalue weighted by molar-refractivity contribution is 0.0949. The van der Waals surface area contributed by atoms with Gasteiger partial charge in [0.1, 0.15) is 11.9 Å². The number of aromatic amines is 1. The third kappa shape index (κ3) is 3.00. The maximum Gasteiger partial charge on any atom is 0.286 e. The summed E-state index contributed by atoms with van der Waals surface area (Å²) < 4.78 is 1.13. The molecule has 3 aromatic heterocycles. The molecule has 0 spiro atoms. The Morgan fingerprint density at radius 2 is 2.26 bits per heavy atom. The lowest BCUT2D eigenvalue weighted by Gasteiger charge is -2.03. The van der Waals surface area contributed by atoms with E-state index in [2.05, 4.69) is 32.3 Å². The van der Waals surface area contributed by atoms with Crippen molar-refractivity contribution in [3.8, 4) is 0 Å². The second-order valence-electron chi connectivity index (χ2n) is 5.05. The molecule has 0 radical (unpaired) electrons. The number of carbonyl (C=O) groups is 1. The smallest absolute Gasteiger partial charge is 0.286 e. The zero-order valence-electron chi connectivity index (χ0n) is 12.8. The highest BCUT2D eigenvalue weighted by atomic mass is 32.1. The Hall–Kier alpha value is -2.55. The second kappa shape index (κ2) is 6.29. The van der Waals surface area contributed by atoms with Crippen molar-refractivity contribution in [1.29, 1.82) is 0 Å². The van der Waals surface area contributed by atoms with E-state index < -0.39 is 11.5 Å². The predicted molar refractivity (Wildman–Crippen MR) is 85.6 cm³/mol. The summed E-state index contributed by atoms with van der Waals surface area (Å²) in [4.78, 5) is 37.7. The summed E-state index contributed by atoms with van der Waals surface area (Å²) in [6.45, 7) is 4.37. The first-order valence-corrected chi connectivity index (χ1v) is 8.06. The van der Waals surface area contributed by atoms with Gasteiger partial charge in [0.05, 0.1) is 17.2 Å². The molecule has 0 fully saturated rings. The van der Waals surface area contributed by atoms with Gasteiger partial charge in [-0.3, -0.25) is 14.7 Å². The topological polar surface area (TPSA) is 105 Å². The number of aryl methyl sites for hydroxylation is 2. The summed E-state index contributed by atoms with van der Waals surface area (Å²) in [6.07, 6.45) is 4.56. The van der Waals surface area contributed by atoms with Crippen LogP contribution in [-0.2, 0) is 13.0 Å². The van der Waals surface area contributed by atoms with Crippen molar-refractivity contribution in [3.63, 3.8) is 0 Å². The number of fused-ring (bicyclic) bond motifs is 1. The number of rotatable bonds is 5. The van der Waals surface area contributed by atoms with E-state index in [4.69, 9.17) is 0 Å². The van der Waals surface area contributed by atoms with Crippen molar-refractivity contribution in [2.24, 2.45) is 0 Å². The molecule has 3 heterocycles. The van der Waals surface area contributed by atoms with E-state index in [9.17, 15) is 9.59 Å². The fourth-order valence-electron chi connectivity index (χ4n) is 2.18. The van der Waals surface area contributed by atoms with Gasteiger partial charge in [-0.15, -0.1) is 11.3 Å². The van der Waals surface area contributed by atoms with Crippen molar-refractivity contribution < 1.29 is 4.79 Å². The summed E-state index contributed by atoms with van der Waals surface area (Å²) in [5.74, 6) is -0.231. The van der Waals surface area contributed by atoms with Gasteiger partial charge in [-0.1, -0.05) is 6.92 Å². The molecular weight excluding hydrogens is 316 g/mol. The first-order chi connectivity index (χ1) is 11.1. The standard InChI is InChI=1S/C14H16N6O2S/c1-3-4-11-19-8(2)10(23-11)6-15-12(21)9-5-16-14-17-7-18-20(14)13(9)22/h5,7H,3-4,6H2,1-2H3,(H,15,21)(H,16,17,18). The highest BCUT2D eigenvalue weighted by molar-refractivity contribution is 7.11. The van der Waals surface area contributed by atoms with Crippen LogP contribution in [0.4, 0.5) is 0 Å². The third-order valence-electron chi connectivity index (χ3n) is 3.36. The van der Waals surface area contributed by atoms with Gasteiger partial charge in [0.25, 0.3) is 17.2 Å². The number of nitrogens with zero attached hydrogens (tertiary/aromatic N) is 4. The van der Waals surface area contributed by atoms with Crippen LogP contribution in [0.3, 0.4) is 0 Å². The maximum absolute atomic E-state index is 12.2. The molecule has 3 rings (SSSR count). The van der Waals surface area contributed by atoms with E-state index in [0.29, 0.717) is 6.54 Å². The first kappa shape index (κ1) is 15.3. The molecule has 0 atom stereocenters. The fourth-order valence-corrected chi connectivity index (χ4v) is 3.29. The van der Waals surface area contributed by atoms with Crippen LogP contribution in [0.5, 0.6) is 0 Å². The van der Waals surface area contributed by atoms with Crippen LogP contribution in [0.2, 0.25) is 0 Å². The number of hydrogen-bond donors (Lipinski definition) is 2. The highest BCUT2D eigenvalue weighted by Gasteiger charge is 2.15. The van der Waals surface area contributed by atoms with E-state index in [0.717, 1.165) is 32.9 Å². The van der Waals surface area contributed by atoms with Crippen molar-refractivity contribution in [2.45, 2.75) is 33.2 Å². The van der Waals surface area contributed by atoms with Crippen LogP contribution in [0.1, 0.15) is 39.3 Å². The molecule has 0 aliphatic carbocycles. The highest BCUT2D eigenvalue weighted by Crippen LogP contribution is 2.19.